The fraction of sp³-hybridized carbons (Fsp3) is 0.379. The molecular weight excluding hydrogens is 487 g/mol. The topological polar surface area (TPSA) is 59.8 Å². The van der Waals surface area contributed by atoms with Gasteiger partial charge in [0.2, 0.25) is 0 Å². The molecule has 37 heavy (non-hydrogen) atoms. The van der Waals surface area contributed by atoms with Gasteiger partial charge in [0, 0.05) is 45.0 Å². The molecule has 190 valence electrons. The molecule has 0 N–H and O–H groups in total. The van der Waals surface area contributed by atoms with Crippen LogP contribution in [-0.4, -0.2) is 56.7 Å². The zero-order valence-corrected chi connectivity index (χ0v) is 21.4. The van der Waals surface area contributed by atoms with Gasteiger partial charge in [-0.15, -0.1) is 11.3 Å². The average molecular weight is 517 g/mol. The van der Waals surface area contributed by atoms with Crippen LogP contribution in [-0.2, 0) is 11.3 Å². The van der Waals surface area contributed by atoms with E-state index < -0.39 is 0 Å². The summed E-state index contributed by atoms with van der Waals surface area (Å²) in [6.45, 7) is 6.00. The summed E-state index contributed by atoms with van der Waals surface area (Å²) in [5.74, 6) is 1.16. The highest BCUT2D eigenvalue weighted by molar-refractivity contribution is 7.12. The third-order valence-corrected chi connectivity index (χ3v) is 8.76. The lowest BCUT2D eigenvalue weighted by Gasteiger charge is -2.30. The second-order valence-electron chi connectivity index (χ2n) is 10.1. The van der Waals surface area contributed by atoms with Crippen molar-refractivity contribution < 1.29 is 13.9 Å². The fourth-order valence-electron chi connectivity index (χ4n) is 5.85. The number of hydrogen-bond acceptors (Lipinski definition) is 6. The highest BCUT2D eigenvalue weighted by Crippen LogP contribution is 2.52. The molecule has 2 aliphatic heterocycles. The van der Waals surface area contributed by atoms with Crippen LogP contribution in [0.3, 0.4) is 0 Å². The number of thiophene rings is 1. The van der Waals surface area contributed by atoms with Crippen molar-refractivity contribution >= 4 is 28.6 Å². The van der Waals surface area contributed by atoms with E-state index in [0.717, 1.165) is 19.6 Å². The van der Waals surface area contributed by atoms with Crippen molar-refractivity contribution in [3.05, 3.63) is 81.8 Å². The number of nitrogens with zero attached hydrogens (tertiary/aromatic N) is 4. The summed E-state index contributed by atoms with van der Waals surface area (Å²) in [7, 11) is 0. The van der Waals surface area contributed by atoms with E-state index >= 15 is 4.39 Å². The molecule has 3 aromatic rings. The summed E-state index contributed by atoms with van der Waals surface area (Å²) in [5, 5.41) is 10.9. The maximum atomic E-state index is 15.2. The average Bonchev–Trinajstić information content (AvgIpc) is 3.31. The number of halogens is 1. The van der Waals surface area contributed by atoms with Crippen LogP contribution in [0.2, 0.25) is 0 Å². The standard InChI is InChI=1S/C29H29FN4O2S/c30-26-14-22(7-8-27(26)33-9-11-36-12-10-33)34(29(35)28-2-1-13-37-28)19-25-23-17-32(18-24(23)25)16-21-5-3-20(15-31)4-6-21/h1-8,13-14,23-25H,9-12,16-19H2. The maximum Gasteiger partial charge on any atom is 0.268 e. The third kappa shape index (κ3) is 4.99. The molecule has 1 saturated carbocycles. The summed E-state index contributed by atoms with van der Waals surface area (Å²) >= 11 is 1.42. The molecule has 0 bridgehead atoms. The number of carbonyl (C=O) groups is 1. The zero-order valence-electron chi connectivity index (χ0n) is 20.6. The first-order valence-electron chi connectivity index (χ1n) is 12.8. The number of fused-ring (bicyclic) bond motifs is 1. The maximum absolute atomic E-state index is 15.2. The van der Waals surface area contributed by atoms with Crippen LogP contribution in [0.25, 0.3) is 0 Å². The molecule has 2 saturated heterocycles. The molecule has 0 radical (unpaired) electrons. The smallest absolute Gasteiger partial charge is 0.268 e. The number of benzene rings is 2. The van der Waals surface area contributed by atoms with Gasteiger partial charge in [-0.2, -0.15) is 5.26 Å². The first-order valence-corrected chi connectivity index (χ1v) is 13.7. The first kappa shape index (κ1) is 24.1. The van der Waals surface area contributed by atoms with Crippen molar-refractivity contribution in [2.24, 2.45) is 17.8 Å². The number of nitriles is 1. The van der Waals surface area contributed by atoms with Gasteiger partial charge in [0.25, 0.3) is 5.91 Å². The van der Waals surface area contributed by atoms with E-state index in [2.05, 4.69) is 11.0 Å². The molecule has 3 heterocycles. The third-order valence-electron chi connectivity index (χ3n) is 7.90. The first-order chi connectivity index (χ1) is 18.1. The van der Waals surface area contributed by atoms with Gasteiger partial charge in [0.15, 0.2) is 0 Å². The van der Waals surface area contributed by atoms with E-state index in [4.69, 9.17) is 10.00 Å². The number of anilines is 2. The molecule has 3 fully saturated rings. The molecule has 2 unspecified atom stereocenters. The second kappa shape index (κ2) is 10.3. The van der Waals surface area contributed by atoms with E-state index in [-0.39, 0.29) is 11.7 Å². The van der Waals surface area contributed by atoms with Crippen LogP contribution in [0.1, 0.15) is 20.8 Å². The number of morpholine rings is 1. The molecule has 2 atom stereocenters. The van der Waals surface area contributed by atoms with Gasteiger partial charge < -0.3 is 14.5 Å². The van der Waals surface area contributed by atoms with Crippen molar-refractivity contribution in [2.75, 3.05) is 55.7 Å². The summed E-state index contributed by atoms with van der Waals surface area (Å²) < 4.78 is 20.7. The number of hydrogen-bond donors (Lipinski definition) is 0. The Hall–Kier alpha value is -3.25. The molecule has 1 aromatic heterocycles. The highest BCUT2D eigenvalue weighted by atomic mass is 32.1. The van der Waals surface area contributed by atoms with E-state index in [9.17, 15) is 4.79 Å². The van der Waals surface area contributed by atoms with Crippen molar-refractivity contribution in [2.45, 2.75) is 6.54 Å². The Kier molecular flexibility index (Phi) is 6.68. The number of ether oxygens (including phenoxy) is 1. The Labute approximate surface area is 220 Å². The van der Waals surface area contributed by atoms with Gasteiger partial charge in [-0.05, 0) is 65.1 Å². The largest absolute Gasteiger partial charge is 0.378 e. The number of amides is 1. The van der Waals surface area contributed by atoms with Crippen LogP contribution >= 0.6 is 11.3 Å². The SMILES string of the molecule is N#Cc1ccc(CN2CC3C(C2)C3CN(C(=O)c2cccs2)c2ccc(N3CCOCC3)c(F)c2)cc1. The molecular formula is C29H29FN4O2S. The lowest BCUT2D eigenvalue weighted by atomic mass is 10.1. The predicted molar refractivity (Wildman–Crippen MR) is 142 cm³/mol. The van der Waals surface area contributed by atoms with Gasteiger partial charge in [-0.1, -0.05) is 18.2 Å². The van der Waals surface area contributed by atoms with Crippen LogP contribution in [0.15, 0.2) is 60.0 Å². The summed E-state index contributed by atoms with van der Waals surface area (Å²) in [5.41, 5.74) is 3.07. The molecule has 1 amide bonds. The Bertz CT molecular complexity index is 1290. The van der Waals surface area contributed by atoms with Gasteiger partial charge in [0.05, 0.1) is 35.4 Å². The van der Waals surface area contributed by atoms with E-state index in [1.807, 2.05) is 52.7 Å². The zero-order chi connectivity index (χ0) is 25.4. The molecule has 6 nitrogen and oxygen atoms in total. The van der Waals surface area contributed by atoms with Crippen LogP contribution < -0.4 is 9.80 Å². The Morgan fingerprint density at radius 1 is 1.11 bits per heavy atom. The van der Waals surface area contributed by atoms with Gasteiger partial charge in [-0.25, -0.2) is 4.39 Å². The van der Waals surface area contributed by atoms with Crippen molar-refractivity contribution in [1.29, 1.82) is 5.26 Å². The van der Waals surface area contributed by atoms with Gasteiger partial charge >= 0.3 is 0 Å². The Morgan fingerprint density at radius 2 is 1.86 bits per heavy atom. The van der Waals surface area contributed by atoms with E-state index in [0.29, 0.717) is 72.4 Å². The minimum Gasteiger partial charge on any atom is -0.378 e. The normalized spacial score (nSPS) is 22.9. The number of likely N-dealkylation sites (tertiary alicyclic amines) is 1. The fourth-order valence-corrected chi connectivity index (χ4v) is 6.53. The molecule has 3 aliphatic rings. The lowest BCUT2D eigenvalue weighted by Crippen LogP contribution is -2.37. The van der Waals surface area contributed by atoms with Gasteiger partial charge in [0.1, 0.15) is 5.82 Å². The Morgan fingerprint density at radius 3 is 2.51 bits per heavy atom. The van der Waals surface area contributed by atoms with Crippen LogP contribution in [0.5, 0.6) is 0 Å². The second-order valence-corrected chi connectivity index (χ2v) is 11.1. The lowest BCUT2D eigenvalue weighted by molar-refractivity contribution is 0.0988. The van der Waals surface area contributed by atoms with Crippen molar-refractivity contribution in [1.82, 2.24) is 4.90 Å². The number of carbonyl (C=O) groups excluding carboxylic acids is 1. The van der Waals surface area contributed by atoms with Crippen LogP contribution in [0, 0.1) is 34.9 Å². The van der Waals surface area contributed by atoms with Crippen molar-refractivity contribution in [3.8, 4) is 6.07 Å². The highest BCUT2D eigenvalue weighted by Gasteiger charge is 2.56. The van der Waals surface area contributed by atoms with E-state index in [1.165, 1.54) is 23.0 Å². The van der Waals surface area contributed by atoms with Crippen molar-refractivity contribution in [3.63, 3.8) is 0 Å². The van der Waals surface area contributed by atoms with Crippen LogP contribution in [0.4, 0.5) is 15.8 Å². The minimum atomic E-state index is -0.298. The van der Waals surface area contributed by atoms with Gasteiger partial charge in [-0.3, -0.25) is 9.69 Å². The number of rotatable bonds is 7. The predicted octanol–water partition coefficient (Wildman–Crippen LogP) is 4.62. The summed E-state index contributed by atoms with van der Waals surface area (Å²) in [6, 6.07) is 18.9. The molecule has 2 aromatic carbocycles. The molecule has 1 aliphatic carbocycles. The van der Waals surface area contributed by atoms with E-state index in [1.54, 1.807) is 11.0 Å². The quantitative estimate of drug-likeness (QED) is 0.459. The molecule has 6 rings (SSSR count). The minimum absolute atomic E-state index is 0.0621. The summed E-state index contributed by atoms with van der Waals surface area (Å²) in [6.07, 6.45) is 0. The number of piperidine rings is 1. The molecule has 0 spiro atoms. The monoisotopic (exact) mass is 516 g/mol. The Balaban J connectivity index is 1.15. The summed E-state index contributed by atoms with van der Waals surface area (Å²) in [4.78, 5) is 20.4. The molecule has 8 heteroatoms.